The number of carboxylic acids is 1. The largest absolute Gasteiger partial charge is 0.481 e. The van der Waals surface area contributed by atoms with Crippen LogP contribution in [0.3, 0.4) is 0 Å². The monoisotopic (exact) mass is 257 g/mol. The summed E-state index contributed by atoms with van der Waals surface area (Å²) in [7, 11) is 0. The van der Waals surface area contributed by atoms with Crippen molar-refractivity contribution in [1.29, 1.82) is 0 Å². The molecule has 2 atom stereocenters. The third-order valence-electron chi connectivity index (χ3n) is 2.11. The van der Waals surface area contributed by atoms with Gasteiger partial charge in [0.25, 0.3) is 0 Å². The summed E-state index contributed by atoms with van der Waals surface area (Å²) in [5.74, 6) is -3.02. The minimum atomic E-state index is -4.30. The predicted molar refractivity (Wildman–Crippen MR) is 50.8 cm³/mol. The van der Waals surface area contributed by atoms with Crippen molar-refractivity contribution in [2.24, 2.45) is 11.8 Å². The Morgan fingerprint density at radius 1 is 1.38 bits per heavy atom. The predicted octanol–water partition coefficient (Wildman–Crippen LogP) is 1.08. The number of carboxylic acid groups (broad SMARTS) is 1. The lowest BCUT2D eigenvalue weighted by molar-refractivity contribution is -0.140. The summed E-state index contributed by atoms with van der Waals surface area (Å²) in [6.07, 6.45) is 0.271. The molecule has 1 amide bonds. The van der Waals surface area contributed by atoms with Crippen molar-refractivity contribution in [3.8, 4) is 0 Å². The fourth-order valence-electron chi connectivity index (χ4n) is 1.23. The number of halogens is 3. The molecular weight excluding hydrogens is 247 g/mol. The highest BCUT2D eigenvalue weighted by Gasteiger charge is 2.48. The van der Waals surface area contributed by atoms with Gasteiger partial charge >= 0.3 is 11.5 Å². The van der Waals surface area contributed by atoms with Crippen LogP contribution in [0.4, 0.5) is 13.2 Å². The standard InChI is InChI=1S/C8H10F3NO3S/c9-8(10,11)16-2-1-12-6(13)4-3-5(4)7(14)15/h4-5H,1-3H2,(H,12,13)(H,14,15)/t4-,5+/m1/s1. The number of nitrogens with one attached hydrogen (secondary N) is 1. The van der Waals surface area contributed by atoms with Gasteiger partial charge in [-0.15, -0.1) is 0 Å². The smallest absolute Gasteiger partial charge is 0.441 e. The normalized spacial score (nSPS) is 23.9. The van der Waals surface area contributed by atoms with Crippen LogP contribution in [-0.2, 0) is 9.59 Å². The molecule has 0 aliphatic heterocycles. The van der Waals surface area contributed by atoms with Gasteiger partial charge in [-0.05, 0) is 18.2 Å². The molecule has 0 aromatic rings. The average molecular weight is 257 g/mol. The Morgan fingerprint density at radius 3 is 2.44 bits per heavy atom. The van der Waals surface area contributed by atoms with E-state index in [1.165, 1.54) is 0 Å². The summed E-state index contributed by atoms with van der Waals surface area (Å²) in [5, 5.41) is 10.8. The Morgan fingerprint density at radius 2 is 2.00 bits per heavy atom. The summed E-state index contributed by atoms with van der Waals surface area (Å²) in [4.78, 5) is 21.6. The van der Waals surface area contributed by atoms with Gasteiger partial charge in [0.15, 0.2) is 0 Å². The molecule has 0 aromatic heterocycles. The molecule has 16 heavy (non-hydrogen) atoms. The summed E-state index contributed by atoms with van der Waals surface area (Å²) in [6, 6.07) is 0. The van der Waals surface area contributed by atoms with Crippen molar-refractivity contribution in [2.75, 3.05) is 12.3 Å². The molecule has 1 saturated carbocycles. The average Bonchev–Trinajstić information content (AvgIpc) is 2.89. The van der Waals surface area contributed by atoms with Crippen molar-refractivity contribution in [3.63, 3.8) is 0 Å². The minimum absolute atomic E-state index is 0.105. The van der Waals surface area contributed by atoms with Crippen molar-refractivity contribution < 1.29 is 27.9 Å². The molecule has 1 aliphatic carbocycles. The molecule has 0 aromatic carbocycles. The van der Waals surface area contributed by atoms with Crippen LogP contribution in [0.15, 0.2) is 0 Å². The van der Waals surface area contributed by atoms with E-state index in [1.54, 1.807) is 0 Å². The molecular formula is C8H10F3NO3S. The fraction of sp³-hybridized carbons (Fsp3) is 0.750. The first-order valence-electron chi connectivity index (χ1n) is 4.52. The van der Waals surface area contributed by atoms with Gasteiger partial charge < -0.3 is 10.4 Å². The number of rotatable bonds is 5. The molecule has 1 rings (SSSR count). The molecule has 0 radical (unpaired) electrons. The lowest BCUT2D eigenvalue weighted by Gasteiger charge is -2.06. The van der Waals surface area contributed by atoms with Crippen LogP contribution in [0.1, 0.15) is 6.42 Å². The first-order chi connectivity index (χ1) is 7.31. The van der Waals surface area contributed by atoms with Crippen LogP contribution in [-0.4, -0.2) is 34.8 Å². The fourth-order valence-corrected chi connectivity index (χ4v) is 1.67. The van der Waals surface area contributed by atoms with Crippen molar-refractivity contribution in [2.45, 2.75) is 11.9 Å². The van der Waals surface area contributed by atoms with E-state index < -0.39 is 29.2 Å². The second-order valence-electron chi connectivity index (χ2n) is 3.37. The molecule has 0 heterocycles. The molecule has 1 fully saturated rings. The number of alkyl halides is 3. The number of hydrogen-bond donors (Lipinski definition) is 2. The molecule has 0 spiro atoms. The van der Waals surface area contributed by atoms with E-state index in [2.05, 4.69) is 5.32 Å². The zero-order chi connectivity index (χ0) is 12.3. The third kappa shape index (κ3) is 4.30. The molecule has 0 bridgehead atoms. The van der Waals surface area contributed by atoms with Gasteiger partial charge in [0.2, 0.25) is 5.91 Å². The lowest BCUT2D eigenvalue weighted by Crippen LogP contribution is -2.29. The minimum Gasteiger partial charge on any atom is -0.481 e. The second-order valence-corrected chi connectivity index (χ2v) is 4.53. The van der Waals surface area contributed by atoms with Gasteiger partial charge in [0.05, 0.1) is 11.8 Å². The number of thioether (sulfide) groups is 1. The highest BCUT2D eigenvalue weighted by molar-refractivity contribution is 8.00. The second kappa shape index (κ2) is 4.94. The number of amides is 1. The Kier molecular flexibility index (Phi) is 4.06. The Balaban J connectivity index is 2.11. The van der Waals surface area contributed by atoms with Gasteiger partial charge in [0.1, 0.15) is 0 Å². The van der Waals surface area contributed by atoms with Gasteiger partial charge in [-0.1, -0.05) is 0 Å². The van der Waals surface area contributed by atoms with Crippen molar-refractivity contribution in [3.05, 3.63) is 0 Å². The zero-order valence-corrected chi connectivity index (χ0v) is 8.90. The number of carbonyl (C=O) groups is 2. The SMILES string of the molecule is O=C(O)[C@H]1C[C@H]1C(=O)NCCSC(F)(F)F. The van der Waals surface area contributed by atoms with Gasteiger partial charge in [-0.3, -0.25) is 9.59 Å². The molecule has 1 aliphatic rings. The van der Waals surface area contributed by atoms with E-state index in [0.29, 0.717) is 0 Å². The Bertz CT molecular complexity index is 295. The van der Waals surface area contributed by atoms with Crippen LogP contribution < -0.4 is 5.32 Å². The number of aliphatic carboxylic acids is 1. The van der Waals surface area contributed by atoms with Crippen LogP contribution >= 0.6 is 11.8 Å². The highest BCUT2D eigenvalue weighted by Crippen LogP contribution is 2.38. The van der Waals surface area contributed by atoms with E-state index in [9.17, 15) is 22.8 Å². The summed E-state index contributed by atoms with van der Waals surface area (Å²) >= 11 is -0.216. The van der Waals surface area contributed by atoms with Gasteiger partial charge in [0, 0.05) is 12.3 Å². The van der Waals surface area contributed by atoms with Crippen LogP contribution in [0.5, 0.6) is 0 Å². The lowest BCUT2D eigenvalue weighted by atomic mass is 10.3. The van der Waals surface area contributed by atoms with Crippen LogP contribution in [0.25, 0.3) is 0 Å². The molecule has 0 saturated heterocycles. The summed E-state index contributed by atoms with van der Waals surface area (Å²) in [5.41, 5.74) is -4.30. The van der Waals surface area contributed by atoms with E-state index in [1.807, 2.05) is 0 Å². The van der Waals surface area contributed by atoms with Crippen molar-refractivity contribution >= 4 is 23.6 Å². The zero-order valence-electron chi connectivity index (χ0n) is 8.08. The topological polar surface area (TPSA) is 66.4 Å². The Hall–Kier alpha value is -0.920. The van der Waals surface area contributed by atoms with Crippen molar-refractivity contribution in [1.82, 2.24) is 5.32 Å². The quantitative estimate of drug-likeness (QED) is 0.723. The van der Waals surface area contributed by atoms with E-state index >= 15 is 0 Å². The highest BCUT2D eigenvalue weighted by atomic mass is 32.2. The van der Waals surface area contributed by atoms with E-state index in [-0.39, 0.29) is 30.5 Å². The number of carbonyl (C=O) groups excluding carboxylic acids is 1. The van der Waals surface area contributed by atoms with Gasteiger partial charge in [-0.2, -0.15) is 13.2 Å². The van der Waals surface area contributed by atoms with Gasteiger partial charge in [-0.25, -0.2) is 0 Å². The summed E-state index contributed by atoms with van der Waals surface area (Å²) < 4.78 is 35.1. The maximum Gasteiger partial charge on any atom is 0.441 e. The molecule has 2 N–H and O–H groups in total. The Labute approximate surface area is 93.6 Å². The van der Waals surface area contributed by atoms with E-state index in [4.69, 9.17) is 5.11 Å². The molecule has 0 unspecified atom stereocenters. The summed E-state index contributed by atoms with van der Waals surface area (Å²) in [6.45, 7) is -0.105. The molecule has 4 nitrogen and oxygen atoms in total. The van der Waals surface area contributed by atoms with Crippen LogP contribution in [0.2, 0.25) is 0 Å². The third-order valence-corrected chi connectivity index (χ3v) is 2.85. The molecule has 8 heteroatoms. The molecule has 92 valence electrons. The van der Waals surface area contributed by atoms with Crippen LogP contribution in [0, 0.1) is 11.8 Å². The van der Waals surface area contributed by atoms with E-state index in [0.717, 1.165) is 0 Å². The first kappa shape index (κ1) is 13.1. The first-order valence-corrected chi connectivity index (χ1v) is 5.51. The number of hydrogen-bond acceptors (Lipinski definition) is 3. The maximum absolute atomic E-state index is 11.7. The maximum atomic E-state index is 11.7.